The molecular formula is C8H5BrN2O2S. The molecule has 0 bridgehead atoms. The van der Waals surface area contributed by atoms with Crippen molar-refractivity contribution in [3.63, 3.8) is 0 Å². The fourth-order valence-corrected chi connectivity index (χ4v) is 2.89. The number of hydrogen-bond donors (Lipinski definition) is 1. The molecule has 0 spiro atoms. The average molecular weight is 273 g/mol. The van der Waals surface area contributed by atoms with Gasteiger partial charge in [0.05, 0.1) is 15.7 Å². The highest BCUT2D eigenvalue weighted by atomic mass is 79.9. The van der Waals surface area contributed by atoms with E-state index in [0.717, 1.165) is 9.17 Å². The number of nitrogens with two attached hydrogens (primary N) is 1. The molecule has 2 rings (SSSR count). The molecule has 0 atom stereocenters. The smallest absolute Gasteiger partial charge is 0.289 e. The number of fused-ring (bicyclic) bond motifs is 1. The summed E-state index contributed by atoms with van der Waals surface area (Å²) in [6.07, 6.45) is 0. The van der Waals surface area contributed by atoms with Gasteiger partial charge in [-0.15, -0.1) is 11.3 Å². The van der Waals surface area contributed by atoms with Crippen molar-refractivity contribution in [2.24, 2.45) is 0 Å². The van der Waals surface area contributed by atoms with Crippen LogP contribution < -0.4 is 5.73 Å². The van der Waals surface area contributed by atoms with E-state index >= 15 is 0 Å². The van der Waals surface area contributed by atoms with Crippen molar-refractivity contribution in [3.8, 4) is 0 Å². The molecule has 0 saturated carbocycles. The predicted molar refractivity (Wildman–Crippen MR) is 60.6 cm³/mol. The molecule has 0 fully saturated rings. The Bertz CT molecular complexity index is 523. The lowest BCUT2D eigenvalue weighted by atomic mass is 10.2. The molecule has 2 aromatic rings. The summed E-state index contributed by atoms with van der Waals surface area (Å²) in [5.74, 6) is 0. The van der Waals surface area contributed by atoms with Gasteiger partial charge in [-0.1, -0.05) is 15.9 Å². The lowest BCUT2D eigenvalue weighted by Gasteiger charge is -1.97. The van der Waals surface area contributed by atoms with E-state index in [0.29, 0.717) is 11.1 Å². The Morgan fingerprint density at radius 1 is 1.50 bits per heavy atom. The van der Waals surface area contributed by atoms with E-state index in [1.807, 2.05) is 6.07 Å². The molecule has 6 heteroatoms. The van der Waals surface area contributed by atoms with Crippen molar-refractivity contribution < 1.29 is 4.92 Å². The van der Waals surface area contributed by atoms with E-state index in [-0.39, 0.29) is 5.69 Å². The van der Waals surface area contributed by atoms with Crippen LogP contribution in [0.25, 0.3) is 10.1 Å². The number of thiophene rings is 1. The lowest BCUT2D eigenvalue weighted by Crippen LogP contribution is -1.90. The topological polar surface area (TPSA) is 69.2 Å². The van der Waals surface area contributed by atoms with E-state index in [4.69, 9.17) is 5.73 Å². The van der Waals surface area contributed by atoms with Gasteiger partial charge in [-0.2, -0.15) is 0 Å². The van der Waals surface area contributed by atoms with E-state index in [1.54, 1.807) is 6.07 Å². The molecule has 0 aliphatic heterocycles. The zero-order chi connectivity index (χ0) is 10.3. The van der Waals surface area contributed by atoms with E-state index in [9.17, 15) is 10.1 Å². The number of hydrogen-bond acceptors (Lipinski definition) is 4. The number of nitrogen functional groups attached to an aromatic ring is 1. The first-order valence-corrected chi connectivity index (χ1v) is 5.37. The summed E-state index contributed by atoms with van der Waals surface area (Å²) in [6, 6.07) is 3.49. The molecule has 14 heavy (non-hydrogen) atoms. The molecular weight excluding hydrogens is 268 g/mol. The Labute approximate surface area is 91.6 Å². The highest BCUT2D eigenvalue weighted by Gasteiger charge is 2.16. The normalized spacial score (nSPS) is 10.6. The van der Waals surface area contributed by atoms with E-state index in [1.165, 1.54) is 16.7 Å². The van der Waals surface area contributed by atoms with Crippen LogP contribution in [0.15, 0.2) is 22.0 Å². The number of anilines is 1. The van der Waals surface area contributed by atoms with Crippen molar-refractivity contribution in [2.75, 3.05) is 5.73 Å². The first-order chi connectivity index (χ1) is 6.59. The second-order valence-corrected chi connectivity index (χ2v) is 4.57. The molecule has 0 saturated heterocycles. The van der Waals surface area contributed by atoms with Crippen LogP contribution in [0.3, 0.4) is 0 Å². The highest BCUT2D eigenvalue weighted by Crippen LogP contribution is 2.37. The third kappa shape index (κ3) is 1.36. The molecule has 72 valence electrons. The molecule has 0 aliphatic rings. The summed E-state index contributed by atoms with van der Waals surface area (Å²) in [5.41, 5.74) is 6.22. The standard InChI is InChI=1S/C8H5BrN2O2S/c9-4-1-5(10)8-6(11(12)13)3-14-7(8)2-4/h1-3H,10H2. The van der Waals surface area contributed by atoms with Crippen LogP contribution in [0.2, 0.25) is 0 Å². The van der Waals surface area contributed by atoms with Crippen molar-refractivity contribution in [2.45, 2.75) is 0 Å². The minimum atomic E-state index is -0.414. The zero-order valence-corrected chi connectivity index (χ0v) is 9.26. The third-order valence-electron chi connectivity index (χ3n) is 1.85. The summed E-state index contributed by atoms with van der Waals surface area (Å²) in [7, 11) is 0. The van der Waals surface area contributed by atoms with Crippen LogP contribution in [0.1, 0.15) is 0 Å². The van der Waals surface area contributed by atoms with Gasteiger partial charge in [0.1, 0.15) is 0 Å². The number of halogens is 1. The van der Waals surface area contributed by atoms with Gasteiger partial charge in [-0.3, -0.25) is 10.1 Å². The van der Waals surface area contributed by atoms with E-state index < -0.39 is 4.92 Å². The van der Waals surface area contributed by atoms with Gasteiger partial charge in [0.25, 0.3) is 5.69 Å². The van der Waals surface area contributed by atoms with Crippen LogP contribution in [0.5, 0.6) is 0 Å². The Hall–Kier alpha value is -1.14. The van der Waals surface area contributed by atoms with Crippen LogP contribution in [0.4, 0.5) is 11.4 Å². The summed E-state index contributed by atoms with van der Waals surface area (Å²) in [5, 5.41) is 12.7. The summed E-state index contributed by atoms with van der Waals surface area (Å²) < 4.78 is 1.66. The summed E-state index contributed by atoms with van der Waals surface area (Å²) in [4.78, 5) is 10.2. The van der Waals surface area contributed by atoms with Gasteiger partial charge >= 0.3 is 0 Å². The van der Waals surface area contributed by atoms with Gasteiger partial charge in [0.15, 0.2) is 0 Å². The van der Waals surface area contributed by atoms with Gasteiger partial charge in [0, 0.05) is 14.9 Å². The fourth-order valence-electron chi connectivity index (χ4n) is 1.28. The Morgan fingerprint density at radius 2 is 2.21 bits per heavy atom. The maximum atomic E-state index is 10.7. The Balaban J connectivity index is 2.85. The van der Waals surface area contributed by atoms with Gasteiger partial charge in [0.2, 0.25) is 0 Å². The van der Waals surface area contributed by atoms with Crippen molar-refractivity contribution in [1.29, 1.82) is 0 Å². The average Bonchev–Trinajstić information content (AvgIpc) is 2.47. The third-order valence-corrected chi connectivity index (χ3v) is 3.22. The SMILES string of the molecule is Nc1cc(Br)cc2scc([N+](=O)[O-])c12. The van der Waals surface area contributed by atoms with Crippen LogP contribution in [0, 0.1) is 10.1 Å². The molecule has 1 heterocycles. The van der Waals surface area contributed by atoms with E-state index in [2.05, 4.69) is 15.9 Å². The van der Waals surface area contributed by atoms with Crippen molar-refractivity contribution in [1.82, 2.24) is 0 Å². The van der Waals surface area contributed by atoms with Gasteiger partial charge in [-0.05, 0) is 12.1 Å². The molecule has 0 aliphatic carbocycles. The number of benzene rings is 1. The maximum absolute atomic E-state index is 10.7. The maximum Gasteiger partial charge on any atom is 0.289 e. The second-order valence-electron chi connectivity index (χ2n) is 2.75. The Morgan fingerprint density at radius 3 is 2.86 bits per heavy atom. The molecule has 0 radical (unpaired) electrons. The van der Waals surface area contributed by atoms with Crippen molar-refractivity contribution in [3.05, 3.63) is 32.1 Å². The lowest BCUT2D eigenvalue weighted by molar-refractivity contribution is -0.382. The minimum Gasteiger partial charge on any atom is -0.398 e. The molecule has 2 N–H and O–H groups in total. The molecule has 0 amide bonds. The van der Waals surface area contributed by atoms with Gasteiger partial charge in [-0.25, -0.2) is 0 Å². The van der Waals surface area contributed by atoms with Gasteiger partial charge < -0.3 is 5.73 Å². The summed E-state index contributed by atoms with van der Waals surface area (Å²) >= 11 is 4.61. The molecule has 1 aromatic heterocycles. The zero-order valence-electron chi connectivity index (χ0n) is 6.86. The number of nitro groups is 1. The quantitative estimate of drug-likeness (QED) is 0.493. The molecule has 0 unspecified atom stereocenters. The molecule has 1 aromatic carbocycles. The minimum absolute atomic E-state index is 0.0787. The van der Waals surface area contributed by atoms with Crippen LogP contribution in [-0.2, 0) is 0 Å². The van der Waals surface area contributed by atoms with Crippen LogP contribution in [-0.4, -0.2) is 4.92 Å². The first kappa shape index (κ1) is 9.42. The largest absolute Gasteiger partial charge is 0.398 e. The number of rotatable bonds is 1. The number of nitrogens with zero attached hydrogens (tertiary/aromatic N) is 1. The fraction of sp³-hybridized carbons (Fsp3) is 0. The summed E-state index contributed by atoms with van der Waals surface area (Å²) in [6.45, 7) is 0. The molecule has 4 nitrogen and oxygen atoms in total. The second kappa shape index (κ2) is 3.21. The highest BCUT2D eigenvalue weighted by molar-refractivity contribution is 9.10. The Kier molecular flexibility index (Phi) is 2.16. The van der Waals surface area contributed by atoms with Crippen molar-refractivity contribution >= 4 is 48.7 Å². The monoisotopic (exact) mass is 272 g/mol. The van der Waals surface area contributed by atoms with Crippen LogP contribution >= 0.6 is 27.3 Å². The predicted octanol–water partition coefficient (Wildman–Crippen LogP) is 3.15. The first-order valence-electron chi connectivity index (χ1n) is 3.70.